The van der Waals surface area contributed by atoms with Crippen LogP contribution in [0.15, 0.2) is 24.4 Å². The number of nitrogens with one attached hydrogen (secondary N) is 1. The van der Waals surface area contributed by atoms with Gasteiger partial charge in [-0.05, 0) is 19.1 Å². The number of halogens is 1. The van der Waals surface area contributed by atoms with Crippen LogP contribution in [0.25, 0.3) is 10.9 Å². The first kappa shape index (κ1) is 11.7. The molecule has 0 atom stereocenters. The third-order valence-electron chi connectivity index (χ3n) is 2.36. The molecule has 4 nitrogen and oxygen atoms in total. The smallest absolute Gasteiger partial charge is 0.379 e. The Kier molecular flexibility index (Phi) is 3.15. The lowest BCUT2D eigenvalue weighted by Crippen LogP contribution is -2.17. The fourth-order valence-corrected chi connectivity index (χ4v) is 1.90. The minimum absolute atomic E-state index is 0.167. The summed E-state index contributed by atoms with van der Waals surface area (Å²) in [5, 5.41) is 0.976. The molecule has 1 heterocycles. The number of rotatable bonds is 3. The molecular weight excluding hydrogens is 242 g/mol. The van der Waals surface area contributed by atoms with E-state index in [1.54, 1.807) is 25.1 Å². The van der Waals surface area contributed by atoms with Gasteiger partial charge in [-0.3, -0.25) is 4.79 Å². The molecule has 1 N–H and O–H groups in total. The number of benzene rings is 1. The summed E-state index contributed by atoms with van der Waals surface area (Å²) in [5.41, 5.74) is 0.953. The van der Waals surface area contributed by atoms with Crippen LogP contribution in [-0.2, 0) is 9.53 Å². The van der Waals surface area contributed by atoms with E-state index >= 15 is 0 Å². The second-order valence-corrected chi connectivity index (χ2v) is 3.82. The van der Waals surface area contributed by atoms with Crippen molar-refractivity contribution in [1.82, 2.24) is 4.98 Å². The summed E-state index contributed by atoms with van der Waals surface area (Å²) in [6.45, 7) is 1.81. The van der Waals surface area contributed by atoms with Gasteiger partial charge in [0.15, 0.2) is 0 Å². The monoisotopic (exact) mass is 251 g/mol. The van der Waals surface area contributed by atoms with E-state index in [4.69, 9.17) is 11.6 Å². The quantitative estimate of drug-likeness (QED) is 0.518. The van der Waals surface area contributed by atoms with Crippen molar-refractivity contribution in [3.8, 4) is 0 Å². The fourth-order valence-electron chi connectivity index (χ4n) is 1.63. The maximum atomic E-state index is 11.8. The van der Waals surface area contributed by atoms with Gasteiger partial charge in [0.25, 0.3) is 5.78 Å². The zero-order chi connectivity index (χ0) is 12.4. The van der Waals surface area contributed by atoms with Crippen molar-refractivity contribution >= 4 is 34.3 Å². The Morgan fingerprint density at radius 3 is 2.88 bits per heavy atom. The van der Waals surface area contributed by atoms with Gasteiger partial charge >= 0.3 is 5.97 Å². The summed E-state index contributed by atoms with van der Waals surface area (Å²) in [4.78, 5) is 26.1. The molecule has 0 fully saturated rings. The number of H-pyrrole nitrogens is 1. The molecule has 0 saturated heterocycles. The average molecular weight is 252 g/mol. The summed E-state index contributed by atoms with van der Waals surface area (Å²) in [7, 11) is 0. The number of hydrogen-bond donors (Lipinski definition) is 1. The first-order chi connectivity index (χ1) is 8.15. The van der Waals surface area contributed by atoms with Crippen LogP contribution in [0.1, 0.15) is 17.3 Å². The number of Topliss-reactive ketones (excluding diaryl/α,β-unsaturated/α-hetero) is 1. The molecule has 0 bridgehead atoms. The van der Waals surface area contributed by atoms with Crippen LogP contribution in [0.2, 0.25) is 5.02 Å². The predicted octanol–water partition coefficient (Wildman–Crippen LogP) is 2.57. The molecule has 0 saturated carbocycles. The summed E-state index contributed by atoms with van der Waals surface area (Å²) in [6.07, 6.45) is 1.47. The lowest BCUT2D eigenvalue weighted by atomic mass is 10.1. The molecule has 0 aliphatic carbocycles. The number of aromatic nitrogens is 1. The second-order valence-electron chi connectivity index (χ2n) is 3.41. The van der Waals surface area contributed by atoms with E-state index in [9.17, 15) is 9.59 Å². The Morgan fingerprint density at radius 1 is 1.41 bits per heavy atom. The predicted molar refractivity (Wildman–Crippen MR) is 64.3 cm³/mol. The summed E-state index contributed by atoms with van der Waals surface area (Å²) >= 11 is 6.01. The second kappa shape index (κ2) is 4.59. The molecule has 2 aromatic rings. The summed E-state index contributed by atoms with van der Waals surface area (Å²) in [5.74, 6) is -1.56. The van der Waals surface area contributed by atoms with Crippen molar-refractivity contribution < 1.29 is 14.3 Å². The van der Waals surface area contributed by atoms with Crippen molar-refractivity contribution in [3.63, 3.8) is 0 Å². The van der Waals surface area contributed by atoms with Gasteiger partial charge in [-0.2, -0.15) is 0 Å². The van der Waals surface area contributed by atoms with E-state index in [1.165, 1.54) is 6.20 Å². The number of ketones is 1. The molecule has 17 heavy (non-hydrogen) atoms. The van der Waals surface area contributed by atoms with Crippen LogP contribution in [0.5, 0.6) is 0 Å². The molecular formula is C12H10ClNO3. The lowest BCUT2D eigenvalue weighted by Gasteiger charge is -2.00. The van der Waals surface area contributed by atoms with Crippen molar-refractivity contribution in [3.05, 3.63) is 35.0 Å². The van der Waals surface area contributed by atoms with Crippen molar-refractivity contribution in [2.24, 2.45) is 0 Å². The van der Waals surface area contributed by atoms with E-state index < -0.39 is 11.8 Å². The van der Waals surface area contributed by atoms with Crippen LogP contribution in [0.4, 0.5) is 0 Å². The molecule has 0 aliphatic heterocycles. The van der Waals surface area contributed by atoms with Crippen LogP contribution >= 0.6 is 11.6 Å². The first-order valence-corrected chi connectivity index (χ1v) is 5.50. The third-order valence-corrected chi connectivity index (χ3v) is 2.68. The number of fused-ring (bicyclic) bond motifs is 1. The van der Waals surface area contributed by atoms with E-state index in [0.29, 0.717) is 15.9 Å². The molecule has 0 amide bonds. The SMILES string of the molecule is CCOC(=O)C(=O)c1c[nH]c2cccc(Cl)c12. The van der Waals surface area contributed by atoms with Gasteiger partial charge in [0.05, 0.1) is 17.2 Å². The average Bonchev–Trinajstić information content (AvgIpc) is 2.73. The minimum Gasteiger partial charge on any atom is -0.460 e. The normalized spacial score (nSPS) is 10.5. The third kappa shape index (κ3) is 2.03. The van der Waals surface area contributed by atoms with Gasteiger partial charge in [0.1, 0.15) is 0 Å². The van der Waals surface area contributed by atoms with Crippen LogP contribution in [-0.4, -0.2) is 23.3 Å². The molecule has 1 aromatic heterocycles. The molecule has 1 aromatic carbocycles. The van der Waals surface area contributed by atoms with E-state index in [2.05, 4.69) is 9.72 Å². The number of hydrogen-bond acceptors (Lipinski definition) is 3. The van der Waals surface area contributed by atoms with Gasteiger partial charge in [0, 0.05) is 17.1 Å². The molecule has 88 valence electrons. The molecule has 2 rings (SSSR count). The highest BCUT2D eigenvalue weighted by atomic mass is 35.5. The van der Waals surface area contributed by atoms with Crippen molar-refractivity contribution in [2.45, 2.75) is 6.92 Å². The van der Waals surface area contributed by atoms with Gasteiger partial charge in [-0.15, -0.1) is 0 Å². The molecule has 0 aliphatic rings. The topological polar surface area (TPSA) is 59.2 Å². The van der Waals surface area contributed by atoms with Crippen molar-refractivity contribution in [2.75, 3.05) is 6.61 Å². The zero-order valence-electron chi connectivity index (χ0n) is 9.12. The van der Waals surface area contributed by atoms with E-state index in [-0.39, 0.29) is 12.2 Å². The molecule has 0 radical (unpaired) electrons. The van der Waals surface area contributed by atoms with E-state index in [0.717, 1.165) is 0 Å². The number of carbonyl (C=O) groups excluding carboxylic acids is 2. The van der Waals surface area contributed by atoms with Gasteiger partial charge in [-0.1, -0.05) is 17.7 Å². The van der Waals surface area contributed by atoms with Crippen molar-refractivity contribution in [1.29, 1.82) is 0 Å². The Hall–Kier alpha value is -1.81. The maximum absolute atomic E-state index is 11.8. The highest BCUT2D eigenvalue weighted by molar-refractivity contribution is 6.45. The Balaban J connectivity index is 2.49. The highest BCUT2D eigenvalue weighted by Crippen LogP contribution is 2.26. The zero-order valence-corrected chi connectivity index (χ0v) is 9.88. The maximum Gasteiger partial charge on any atom is 0.379 e. The van der Waals surface area contributed by atoms with Crippen LogP contribution in [0, 0.1) is 0 Å². The fraction of sp³-hybridized carbons (Fsp3) is 0.167. The number of aromatic amines is 1. The number of esters is 1. The lowest BCUT2D eigenvalue weighted by molar-refractivity contribution is -0.137. The Morgan fingerprint density at radius 2 is 2.18 bits per heavy atom. The van der Waals surface area contributed by atoms with Crippen LogP contribution < -0.4 is 0 Å². The minimum atomic E-state index is -0.867. The number of carbonyl (C=O) groups is 2. The van der Waals surface area contributed by atoms with Gasteiger partial charge in [-0.25, -0.2) is 4.79 Å². The Labute approximate surface area is 103 Å². The standard InChI is InChI=1S/C12H10ClNO3/c1-2-17-12(16)11(15)7-6-14-9-5-3-4-8(13)10(7)9/h3-6,14H,2H2,1H3. The summed E-state index contributed by atoms with van der Waals surface area (Å²) in [6, 6.07) is 5.21. The van der Waals surface area contributed by atoms with Gasteiger partial charge in [0.2, 0.25) is 0 Å². The Bertz CT molecular complexity index is 588. The number of ether oxygens (including phenoxy) is 1. The molecule has 5 heteroatoms. The first-order valence-electron chi connectivity index (χ1n) is 5.12. The summed E-state index contributed by atoms with van der Waals surface area (Å²) < 4.78 is 4.67. The van der Waals surface area contributed by atoms with E-state index in [1.807, 2.05) is 0 Å². The largest absolute Gasteiger partial charge is 0.460 e. The van der Waals surface area contributed by atoms with Crippen LogP contribution in [0.3, 0.4) is 0 Å². The highest BCUT2D eigenvalue weighted by Gasteiger charge is 2.22. The molecule has 0 spiro atoms. The van der Waals surface area contributed by atoms with Gasteiger partial charge < -0.3 is 9.72 Å². The molecule has 0 unspecified atom stereocenters.